The molecule has 1 aliphatic rings. The number of halogens is 1. The highest BCUT2D eigenvalue weighted by molar-refractivity contribution is 6.04. The Hall–Kier alpha value is -5.45. The minimum absolute atomic E-state index is 0.174. The Kier molecular flexibility index (Phi) is 8.79. The Labute approximate surface area is 275 Å². The number of carbonyl (C=O) groups excluding carboxylic acids is 4. The van der Waals surface area contributed by atoms with Crippen molar-refractivity contribution in [2.45, 2.75) is 31.2 Å². The summed E-state index contributed by atoms with van der Waals surface area (Å²) in [5.74, 6) is -7.25. The lowest BCUT2D eigenvalue weighted by molar-refractivity contribution is -0.175. The molecule has 1 N–H and O–H groups in total. The highest BCUT2D eigenvalue weighted by atomic mass is 19.1. The molecule has 0 radical (unpaired) electrons. The fraction of sp³-hybridized carbons (Fsp3) is 0.297. The second kappa shape index (κ2) is 13.0. The molecule has 0 saturated heterocycles. The predicted molar refractivity (Wildman–Crippen MR) is 174 cm³/mol. The molecular weight excluding hydrogens is 619 g/mol. The van der Waals surface area contributed by atoms with Gasteiger partial charge in [-0.3, -0.25) is 19.2 Å². The molecule has 5 aromatic rings. The Balaban J connectivity index is 1.65. The quantitative estimate of drug-likeness (QED) is 0.124. The van der Waals surface area contributed by atoms with Crippen molar-refractivity contribution < 1.29 is 42.5 Å². The van der Waals surface area contributed by atoms with Crippen LogP contribution in [0.2, 0.25) is 0 Å². The monoisotopic (exact) mass is 654 g/mol. The molecule has 2 aromatic heterocycles. The van der Waals surface area contributed by atoms with E-state index in [1.165, 1.54) is 26.4 Å². The third kappa shape index (κ3) is 5.29. The Morgan fingerprint density at radius 1 is 0.854 bits per heavy atom. The van der Waals surface area contributed by atoms with Gasteiger partial charge in [0.2, 0.25) is 0 Å². The van der Waals surface area contributed by atoms with Gasteiger partial charge in [0.15, 0.2) is 11.3 Å². The average molecular weight is 655 g/mol. The minimum atomic E-state index is -2.03. The zero-order valence-corrected chi connectivity index (χ0v) is 27.0. The standard InChI is InChI=1S/C37H35FN2O8/c1-45-33(41)25(34(42)46-2)17-28-31-23-12-8-9-13-29(23)39-32(31)26(18-37(28,35(43)47-3)36(44)48-4)27-20-40(19-21-10-6-5-7-11-21)30-15-14-22(38)16-24(27)30/h5-16,20,25-26,28,39H,17-19H2,1-4H3/t26-,28?/m0/s1. The van der Waals surface area contributed by atoms with Crippen molar-refractivity contribution in [3.05, 3.63) is 107 Å². The Morgan fingerprint density at radius 3 is 2.15 bits per heavy atom. The average Bonchev–Trinajstić information content (AvgIpc) is 3.67. The van der Waals surface area contributed by atoms with Crippen LogP contribution in [0.5, 0.6) is 0 Å². The van der Waals surface area contributed by atoms with Crippen LogP contribution in [0, 0.1) is 17.2 Å². The molecule has 0 amide bonds. The van der Waals surface area contributed by atoms with E-state index < -0.39 is 52.9 Å². The van der Waals surface area contributed by atoms with E-state index in [9.17, 15) is 23.6 Å². The largest absolute Gasteiger partial charge is 0.468 e. The zero-order chi connectivity index (χ0) is 34.2. The smallest absolute Gasteiger partial charge is 0.323 e. The van der Waals surface area contributed by atoms with Crippen LogP contribution in [0.15, 0.2) is 79.0 Å². The molecule has 48 heavy (non-hydrogen) atoms. The van der Waals surface area contributed by atoms with E-state index in [1.54, 1.807) is 6.07 Å². The number of esters is 4. The van der Waals surface area contributed by atoms with Crippen molar-refractivity contribution >= 4 is 45.7 Å². The molecule has 1 unspecified atom stereocenters. The van der Waals surface area contributed by atoms with Crippen LogP contribution in [-0.2, 0) is 44.7 Å². The maximum atomic E-state index is 15.0. The van der Waals surface area contributed by atoms with E-state index in [4.69, 9.17) is 18.9 Å². The fourth-order valence-electron chi connectivity index (χ4n) is 7.43. The van der Waals surface area contributed by atoms with Crippen molar-refractivity contribution in [1.82, 2.24) is 9.55 Å². The van der Waals surface area contributed by atoms with Crippen molar-refractivity contribution in [3.63, 3.8) is 0 Å². The summed E-state index contributed by atoms with van der Waals surface area (Å²) >= 11 is 0. The highest BCUT2D eigenvalue weighted by Crippen LogP contribution is 2.58. The molecule has 248 valence electrons. The number of nitrogens with one attached hydrogen (secondary N) is 1. The van der Waals surface area contributed by atoms with E-state index >= 15 is 0 Å². The third-order valence-electron chi connectivity index (χ3n) is 9.58. The van der Waals surface area contributed by atoms with Crippen LogP contribution in [-0.4, -0.2) is 61.9 Å². The SMILES string of the molecule is COC(=O)C(CC1c2c([nH]c3ccccc23)[C@H](c2cn(Cc3ccccc3)c3ccc(F)cc23)CC1(C(=O)OC)C(=O)OC)C(=O)OC. The summed E-state index contributed by atoms with van der Waals surface area (Å²) in [7, 11) is 4.63. The van der Waals surface area contributed by atoms with Gasteiger partial charge < -0.3 is 28.5 Å². The third-order valence-corrected chi connectivity index (χ3v) is 9.58. The van der Waals surface area contributed by atoms with Gasteiger partial charge in [0.25, 0.3) is 0 Å². The first kappa shape index (κ1) is 32.5. The van der Waals surface area contributed by atoms with Gasteiger partial charge in [-0.05, 0) is 53.8 Å². The van der Waals surface area contributed by atoms with Gasteiger partial charge >= 0.3 is 23.9 Å². The Morgan fingerprint density at radius 2 is 1.50 bits per heavy atom. The molecule has 0 saturated carbocycles. The highest BCUT2D eigenvalue weighted by Gasteiger charge is 2.61. The van der Waals surface area contributed by atoms with Crippen LogP contribution < -0.4 is 0 Å². The van der Waals surface area contributed by atoms with Crippen LogP contribution >= 0.6 is 0 Å². The number of para-hydroxylation sites is 1. The molecular formula is C37H35FN2O8. The number of hydrogen-bond donors (Lipinski definition) is 1. The molecule has 0 spiro atoms. The molecule has 0 aliphatic heterocycles. The molecule has 2 atom stereocenters. The number of H-pyrrole nitrogens is 1. The second-order valence-corrected chi connectivity index (χ2v) is 12.0. The number of rotatable bonds is 9. The maximum absolute atomic E-state index is 15.0. The zero-order valence-electron chi connectivity index (χ0n) is 27.0. The van der Waals surface area contributed by atoms with Crippen molar-refractivity contribution in [3.8, 4) is 0 Å². The van der Waals surface area contributed by atoms with Crippen LogP contribution in [0.25, 0.3) is 21.8 Å². The number of nitrogens with zero attached hydrogens (tertiary/aromatic N) is 1. The van der Waals surface area contributed by atoms with Crippen LogP contribution in [0.1, 0.15) is 47.1 Å². The summed E-state index contributed by atoms with van der Waals surface area (Å²) in [5.41, 5.74) is 2.31. The van der Waals surface area contributed by atoms with Crippen LogP contribution in [0.4, 0.5) is 4.39 Å². The number of hydrogen-bond acceptors (Lipinski definition) is 8. The lowest BCUT2D eigenvalue weighted by atomic mass is 9.58. The van der Waals surface area contributed by atoms with Crippen molar-refractivity contribution in [2.75, 3.05) is 28.4 Å². The summed E-state index contributed by atoms with van der Waals surface area (Å²) in [6, 6.07) is 21.7. The molecule has 0 bridgehead atoms. The summed E-state index contributed by atoms with van der Waals surface area (Å²) in [5, 5.41) is 1.27. The molecule has 3 aromatic carbocycles. The lowest BCUT2D eigenvalue weighted by Crippen LogP contribution is -2.51. The number of aromatic nitrogens is 2. The van der Waals surface area contributed by atoms with Crippen LogP contribution in [0.3, 0.4) is 0 Å². The number of carbonyl (C=O) groups is 4. The van der Waals surface area contributed by atoms with E-state index in [0.29, 0.717) is 39.7 Å². The second-order valence-electron chi connectivity index (χ2n) is 12.0. The topological polar surface area (TPSA) is 126 Å². The first-order valence-electron chi connectivity index (χ1n) is 15.4. The van der Waals surface area contributed by atoms with E-state index in [-0.39, 0.29) is 12.8 Å². The van der Waals surface area contributed by atoms with Gasteiger partial charge in [0.1, 0.15) is 5.82 Å². The first-order valence-corrected chi connectivity index (χ1v) is 15.4. The molecule has 0 fully saturated rings. The normalized spacial score (nSPS) is 16.8. The fourth-order valence-corrected chi connectivity index (χ4v) is 7.43. The molecule has 11 heteroatoms. The number of ether oxygens (including phenoxy) is 4. The van der Waals surface area contributed by atoms with E-state index in [1.807, 2.05) is 65.4 Å². The van der Waals surface area contributed by atoms with Gasteiger partial charge in [-0.1, -0.05) is 48.5 Å². The molecule has 1 aliphatic carbocycles. The first-order chi connectivity index (χ1) is 23.2. The van der Waals surface area contributed by atoms with Gasteiger partial charge in [-0.2, -0.15) is 0 Å². The van der Waals surface area contributed by atoms with Gasteiger partial charge in [0, 0.05) is 52.1 Å². The van der Waals surface area contributed by atoms with Crippen molar-refractivity contribution in [1.29, 1.82) is 0 Å². The number of fused-ring (bicyclic) bond motifs is 4. The van der Waals surface area contributed by atoms with Gasteiger partial charge in [-0.25, -0.2) is 4.39 Å². The lowest BCUT2D eigenvalue weighted by Gasteiger charge is -2.43. The van der Waals surface area contributed by atoms with Crippen molar-refractivity contribution in [2.24, 2.45) is 11.3 Å². The predicted octanol–water partition coefficient (Wildman–Crippen LogP) is 5.61. The maximum Gasteiger partial charge on any atom is 0.323 e. The number of methoxy groups -OCH3 is 4. The number of benzene rings is 3. The summed E-state index contributed by atoms with van der Waals surface area (Å²) < 4.78 is 37.6. The van der Waals surface area contributed by atoms with E-state index in [2.05, 4.69) is 4.98 Å². The number of aromatic amines is 1. The Bertz CT molecular complexity index is 2000. The molecule has 2 heterocycles. The summed E-state index contributed by atoms with van der Waals surface area (Å²) in [6.07, 6.45) is 1.42. The van der Waals surface area contributed by atoms with Gasteiger partial charge in [-0.15, -0.1) is 0 Å². The molecule has 6 rings (SSSR count). The van der Waals surface area contributed by atoms with E-state index in [0.717, 1.165) is 25.3 Å². The molecule has 10 nitrogen and oxygen atoms in total. The minimum Gasteiger partial charge on any atom is -0.468 e. The summed E-state index contributed by atoms with van der Waals surface area (Å²) in [4.78, 5) is 57.8. The van der Waals surface area contributed by atoms with Gasteiger partial charge in [0.05, 0.1) is 28.4 Å². The summed E-state index contributed by atoms with van der Waals surface area (Å²) in [6.45, 7) is 0.483.